The summed E-state index contributed by atoms with van der Waals surface area (Å²) >= 11 is 0. The van der Waals surface area contributed by atoms with Crippen molar-refractivity contribution in [1.29, 1.82) is 0 Å². The molecule has 0 spiro atoms. The molecule has 0 aliphatic rings. The number of aryl methyl sites for hydroxylation is 1. The smallest absolute Gasteiger partial charge is 0.276 e. The third kappa shape index (κ3) is 5.11. The molecular weight excluding hydrogens is 398 g/mol. The molecule has 0 saturated carbocycles. The Morgan fingerprint density at radius 1 is 1.13 bits per heavy atom. The van der Waals surface area contributed by atoms with Crippen LogP contribution in [0.3, 0.4) is 0 Å². The molecule has 0 radical (unpaired) electrons. The van der Waals surface area contributed by atoms with Gasteiger partial charge < -0.3 is 19.1 Å². The highest BCUT2D eigenvalue weighted by Crippen LogP contribution is 2.36. The fourth-order valence-electron chi connectivity index (χ4n) is 3.06. The zero-order chi connectivity index (χ0) is 22.4. The molecule has 0 saturated heterocycles. The molecule has 31 heavy (non-hydrogen) atoms. The average molecular weight is 421 g/mol. The van der Waals surface area contributed by atoms with Crippen molar-refractivity contribution in [2.75, 3.05) is 14.2 Å². The number of hydrogen-bond donors (Lipinski definition) is 2. The highest BCUT2D eigenvalue weighted by molar-refractivity contribution is 5.94. The molecule has 8 heteroatoms. The minimum Gasteiger partial charge on any atom is -0.502 e. The lowest BCUT2D eigenvalue weighted by atomic mass is 10.1. The van der Waals surface area contributed by atoms with Crippen LogP contribution in [0, 0.1) is 6.92 Å². The number of nitrogens with one attached hydrogen (secondary N) is 1. The lowest BCUT2D eigenvalue weighted by Crippen LogP contribution is -2.30. The second-order valence-corrected chi connectivity index (χ2v) is 6.82. The normalized spacial score (nSPS) is 10.8. The first-order chi connectivity index (χ1) is 14.9. The Hall–Kier alpha value is -4.07. The first-order valence-electron chi connectivity index (χ1n) is 9.46. The number of methoxy groups -OCH3 is 2. The van der Waals surface area contributed by atoms with Crippen molar-refractivity contribution in [3.63, 3.8) is 0 Å². The van der Waals surface area contributed by atoms with Crippen LogP contribution in [-0.2, 0) is 6.54 Å². The summed E-state index contributed by atoms with van der Waals surface area (Å²) in [5.74, 6) is -0.356. The Morgan fingerprint density at radius 2 is 1.84 bits per heavy atom. The van der Waals surface area contributed by atoms with E-state index in [0.717, 1.165) is 11.1 Å². The minimum absolute atomic E-state index is 0.0202. The molecule has 0 aliphatic carbocycles. The number of phenolic OH excluding ortho intramolecular Hbond substituents is 1. The van der Waals surface area contributed by atoms with E-state index < -0.39 is 11.5 Å². The van der Waals surface area contributed by atoms with E-state index in [-0.39, 0.29) is 22.8 Å². The Kier molecular flexibility index (Phi) is 6.71. The summed E-state index contributed by atoms with van der Waals surface area (Å²) in [6.45, 7) is 2.34. The second kappa shape index (κ2) is 9.62. The van der Waals surface area contributed by atoms with Crippen LogP contribution in [0.5, 0.6) is 17.2 Å². The van der Waals surface area contributed by atoms with Gasteiger partial charge in [0.1, 0.15) is 5.56 Å². The quantitative estimate of drug-likeness (QED) is 0.451. The number of pyridine rings is 1. The van der Waals surface area contributed by atoms with Crippen molar-refractivity contribution >= 4 is 12.1 Å². The first kappa shape index (κ1) is 21.6. The topological polar surface area (TPSA) is 102 Å². The predicted molar refractivity (Wildman–Crippen MR) is 117 cm³/mol. The van der Waals surface area contributed by atoms with Gasteiger partial charge >= 0.3 is 0 Å². The number of amides is 1. The van der Waals surface area contributed by atoms with Crippen LogP contribution in [0.25, 0.3) is 0 Å². The predicted octanol–water partition coefficient (Wildman–Crippen LogP) is 2.69. The molecule has 1 amide bonds. The van der Waals surface area contributed by atoms with E-state index in [2.05, 4.69) is 10.5 Å². The molecule has 1 aromatic heterocycles. The van der Waals surface area contributed by atoms with E-state index in [4.69, 9.17) is 9.47 Å². The molecular formula is C23H23N3O5. The van der Waals surface area contributed by atoms with Gasteiger partial charge in [0.15, 0.2) is 11.5 Å². The molecule has 3 rings (SSSR count). The number of benzene rings is 2. The van der Waals surface area contributed by atoms with Crippen LogP contribution >= 0.6 is 0 Å². The van der Waals surface area contributed by atoms with Crippen molar-refractivity contribution in [2.45, 2.75) is 13.5 Å². The van der Waals surface area contributed by atoms with Gasteiger partial charge in [0.25, 0.3) is 11.5 Å². The Labute approximate surface area is 179 Å². The van der Waals surface area contributed by atoms with Crippen molar-refractivity contribution in [1.82, 2.24) is 9.99 Å². The Bertz CT molecular complexity index is 1160. The number of aromatic hydroxyl groups is 1. The van der Waals surface area contributed by atoms with Gasteiger partial charge in [-0.05, 0) is 36.8 Å². The summed E-state index contributed by atoms with van der Waals surface area (Å²) in [4.78, 5) is 25.2. The Balaban J connectivity index is 1.76. The molecule has 160 valence electrons. The number of phenols is 1. The minimum atomic E-state index is -0.627. The average Bonchev–Trinajstić information content (AvgIpc) is 2.76. The summed E-state index contributed by atoms with van der Waals surface area (Å²) in [7, 11) is 2.82. The number of nitrogens with zero attached hydrogens (tertiary/aromatic N) is 2. The van der Waals surface area contributed by atoms with Gasteiger partial charge in [-0.3, -0.25) is 9.59 Å². The lowest BCUT2D eigenvalue weighted by Gasteiger charge is -2.09. The number of hydrazone groups is 1. The van der Waals surface area contributed by atoms with Crippen LogP contribution < -0.4 is 20.5 Å². The molecule has 0 fully saturated rings. The SMILES string of the molecule is COc1cc(/C=N\NC(=O)c2cccn(Cc3cccc(C)c3)c2=O)cc(OC)c1O. The van der Waals surface area contributed by atoms with E-state index in [9.17, 15) is 14.7 Å². The summed E-state index contributed by atoms with van der Waals surface area (Å²) in [6.07, 6.45) is 3.00. The molecule has 0 unspecified atom stereocenters. The van der Waals surface area contributed by atoms with E-state index in [1.807, 2.05) is 31.2 Å². The van der Waals surface area contributed by atoms with Crippen molar-refractivity contribution in [3.8, 4) is 17.2 Å². The number of ether oxygens (including phenoxy) is 2. The molecule has 8 nitrogen and oxygen atoms in total. The van der Waals surface area contributed by atoms with Gasteiger partial charge in [-0.25, -0.2) is 5.43 Å². The first-order valence-corrected chi connectivity index (χ1v) is 9.46. The van der Waals surface area contributed by atoms with E-state index in [1.54, 1.807) is 12.3 Å². The van der Waals surface area contributed by atoms with Gasteiger partial charge in [0.2, 0.25) is 5.75 Å². The molecule has 2 N–H and O–H groups in total. The molecule has 0 aliphatic heterocycles. The van der Waals surface area contributed by atoms with Crippen LogP contribution in [-0.4, -0.2) is 36.0 Å². The summed E-state index contributed by atoms with van der Waals surface area (Å²) in [5.41, 5.74) is 4.50. The van der Waals surface area contributed by atoms with Crippen molar-refractivity contribution in [2.24, 2.45) is 5.10 Å². The fraction of sp³-hybridized carbons (Fsp3) is 0.174. The zero-order valence-corrected chi connectivity index (χ0v) is 17.5. The molecule has 1 heterocycles. The van der Waals surface area contributed by atoms with E-state index in [0.29, 0.717) is 12.1 Å². The molecule has 0 bridgehead atoms. The van der Waals surface area contributed by atoms with Crippen molar-refractivity contribution in [3.05, 3.63) is 87.3 Å². The van der Waals surface area contributed by atoms with Crippen LogP contribution in [0.1, 0.15) is 27.0 Å². The number of hydrogen-bond acceptors (Lipinski definition) is 6. The van der Waals surface area contributed by atoms with Crippen LogP contribution in [0.2, 0.25) is 0 Å². The van der Waals surface area contributed by atoms with Crippen molar-refractivity contribution < 1.29 is 19.4 Å². The highest BCUT2D eigenvalue weighted by Gasteiger charge is 2.13. The van der Waals surface area contributed by atoms with Crippen LogP contribution in [0.15, 0.2) is 64.6 Å². The maximum Gasteiger partial charge on any atom is 0.276 e. The number of carbonyl (C=O) groups excluding carboxylic acids is 1. The maximum atomic E-state index is 12.7. The summed E-state index contributed by atoms with van der Waals surface area (Å²) in [5, 5.41) is 13.9. The van der Waals surface area contributed by atoms with Gasteiger partial charge in [0.05, 0.1) is 27.0 Å². The molecule has 2 aromatic carbocycles. The third-order valence-electron chi connectivity index (χ3n) is 4.58. The second-order valence-electron chi connectivity index (χ2n) is 6.82. The Morgan fingerprint density at radius 3 is 2.48 bits per heavy atom. The number of rotatable bonds is 7. The number of aromatic nitrogens is 1. The molecule has 0 atom stereocenters. The highest BCUT2D eigenvalue weighted by atomic mass is 16.5. The fourth-order valence-corrected chi connectivity index (χ4v) is 3.06. The van der Waals surface area contributed by atoms with Gasteiger partial charge in [0, 0.05) is 11.8 Å². The van der Waals surface area contributed by atoms with Gasteiger partial charge in [-0.15, -0.1) is 0 Å². The van der Waals surface area contributed by atoms with Gasteiger partial charge in [-0.1, -0.05) is 29.8 Å². The van der Waals surface area contributed by atoms with E-state index >= 15 is 0 Å². The van der Waals surface area contributed by atoms with E-state index in [1.165, 1.54) is 43.2 Å². The molecule has 3 aromatic rings. The standard InChI is InChI=1S/C23H23N3O5/c1-15-6-4-7-16(10-15)14-26-9-5-8-18(23(26)29)22(28)25-24-13-17-11-19(30-2)21(27)20(12-17)31-3/h4-13,27H,14H2,1-3H3,(H,25,28)/b24-13-. The summed E-state index contributed by atoms with van der Waals surface area (Å²) in [6, 6.07) is 14.0. The third-order valence-corrected chi connectivity index (χ3v) is 4.58. The summed E-state index contributed by atoms with van der Waals surface area (Å²) < 4.78 is 11.6. The maximum absolute atomic E-state index is 12.7. The number of carbonyl (C=O) groups is 1. The van der Waals surface area contributed by atoms with Gasteiger partial charge in [-0.2, -0.15) is 5.10 Å². The van der Waals surface area contributed by atoms with Crippen LogP contribution in [0.4, 0.5) is 0 Å². The lowest BCUT2D eigenvalue weighted by molar-refractivity contribution is 0.0953. The zero-order valence-electron chi connectivity index (χ0n) is 17.5. The largest absolute Gasteiger partial charge is 0.502 e. The monoisotopic (exact) mass is 421 g/mol.